The second kappa shape index (κ2) is 10.3. The van der Waals surface area contributed by atoms with Gasteiger partial charge in [-0.2, -0.15) is 0 Å². The summed E-state index contributed by atoms with van der Waals surface area (Å²) in [5.74, 6) is 0. The van der Waals surface area contributed by atoms with E-state index in [0.717, 1.165) is 6.42 Å². The van der Waals surface area contributed by atoms with Crippen LogP contribution in [0.5, 0.6) is 0 Å². The summed E-state index contributed by atoms with van der Waals surface area (Å²) >= 11 is 0. The molecule has 0 aliphatic heterocycles. The van der Waals surface area contributed by atoms with E-state index in [1.165, 1.54) is 98.7 Å². The van der Waals surface area contributed by atoms with E-state index in [-0.39, 0.29) is 0 Å². The van der Waals surface area contributed by atoms with Gasteiger partial charge in [0, 0.05) is 0 Å². The first-order valence-electron chi connectivity index (χ1n) is 16.5. The lowest BCUT2D eigenvalue weighted by atomic mass is 9.85. The molecule has 0 saturated carbocycles. The highest BCUT2D eigenvalue weighted by atomic mass is 14.3. The van der Waals surface area contributed by atoms with E-state index < -0.39 is 0 Å². The topological polar surface area (TPSA) is 0 Å². The third-order valence-corrected chi connectivity index (χ3v) is 10.3. The van der Waals surface area contributed by atoms with Crippen molar-refractivity contribution >= 4 is 43.1 Å². The van der Waals surface area contributed by atoms with Crippen LogP contribution >= 0.6 is 0 Å². The molecule has 0 fully saturated rings. The lowest BCUT2D eigenvalue weighted by Gasteiger charge is -2.18. The largest absolute Gasteiger partial charge is 0.0616 e. The monoisotopic (exact) mass is 594 g/mol. The molecule has 0 N–H and O–H groups in total. The molecule has 0 radical (unpaired) electrons. The minimum absolute atomic E-state index is 0.973. The summed E-state index contributed by atoms with van der Waals surface area (Å²) in [7, 11) is 0. The molecule has 0 heteroatoms. The molecule has 0 nitrogen and oxygen atoms in total. The van der Waals surface area contributed by atoms with Crippen molar-refractivity contribution in [1.82, 2.24) is 0 Å². The molecule has 0 saturated heterocycles. The van der Waals surface area contributed by atoms with Gasteiger partial charge in [0.15, 0.2) is 0 Å². The Morgan fingerprint density at radius 1 is 0.277 bits per heavy atom. The highest BCUT2D eigenvalue weighted by Gasteiger charge is 2.23. The molecular weight excluding hydrogens is 565 g/mol. The standard InChI is InChI=1S/C47H30/c1-3-13-37-30(10-1)12-9-19-38(37)32-20-23-33(24-21-32)45-41-15-5-7-17-43(41)47(44-18-8-6-16-42(44)45)35-26-27-40-36(29-35)28-34-25-22-31-11-2-4-14-39(31)46(34)40/h1-27,29H,28H2. The van der Waals surface area contributed by atoms with Crippen LogP contribution in [0.2, 0.25) is 0 Å². The minimum Gasteiger partial charge on any atom is -0.0616 e. The third-order valence-electron chi connectivity index (χ3n) is 10.3. The molecule has 47 heavy (non-hydrogen) atoms. The molecule has 0 spiro atoms. The number of hydrogen-bond donors (Lipinski definition) is 0. The lowest BCUT2D eigenvalue weighted by Crippen LogP contribution is -1.92. The predicted octanol–water partition coefficient (Wildman–Crippen LogP) is 12.9. The minimum atomic E-state index is 0.973. The Bertz CT molecular complexity index is 2630. The van der Waals surface area contributed by atoms with Crippen LogP contribution in [0.4, 0.5) is 0 Å². The van der Waals surface area contributed by atoms with Crippen molar-refractivity contribution in [3.8, 4) is 44.5 Å². The Morgan fingerprint density at radius 3 is 1.47 bits per heavy atom. The van der Waals surface area contributed by atoms with E-state index in [9.17, 15) is 0 Å². The molecule has 0 amide bonds. The molecule has 1 aliphatic rings. The van der Waals surface area contributed by atoms with Crippen LogP contribution in [-0.4, -0.2) is 0 Å². The van der Waals surface area contributed by atoms with Gasteiger partial charge in [-0.1, -0.05) is 170 Å². The zero-order chi connectivity index (χ0) is 30.9. The summed E-state index contributed by atoms with van der Waals surface area (Å²) in [6.07, 6.45) is 0.973. The zero-order valence-corrected chi connectivity index (χ0v) is 25.9. The maximum atomic E-state index is 2.46. The normalized spacial score (nSPS) is 12.2. The highest BCUT2D eigenvalue weighted by molar-refractivity contribution is 6.21. The number of benzene rings is 9. The molecule has 0 unspecified atom stereocenters. The highest BCUT2D eigenvalue weighted by Crippen LogP contribution is 2.47. The molecule has 0 aromatic heterocycles. The van der Waals surface area contributed by atoms with Crippen LogP contribution in [-0.2, 0) is 6.42 Å². The Hall–Kier alpha value is -5.98. The van der Waals surface area contributed by atoms with Gasteiger partial charge in [-0.3, -0.25) is 0 Å². The Kier molecular flexibility index (Phi) is 5.74. The van der Waals surface area contributed by atoms with Gasteiger partial charge in [0.05, 0.1) is 0 Å². The molecule has 10 rings (SSSR count). The van der Waals surface area contributed by atoms with Gasteiger partial charge < -0.3 is 0 Å². The van der Waals surface area contributed by atoms with Crippen LogP contribution in [0, 0.1) is 0 Å². The maximum Gasteiger partial charge on any atom is -0.00130 e. The molecule has 0 bridgehead atoms. The van der Waals surface area contributed by atoms with E-state index in [0.29, 0.717) is 0 Å². The number of fused-ring (bicyclic) bond motifs is 8. The Labute approximate surface area is 274 Å². The van der Waals surface area contributed by atoms with Crippen LogP contribution in [0.25, 0.3) is 87.6 Å². The van der Waals surface area contributed by atoms with Crippen molar-refractivity contribution in [2.45, 2.75) is 6.42 Å². The maximum absolute atomic E-state index is 2.46. The fourth-order valence-corrected chi connectivity index (χ4v) is 8.17. The Balaban J connectivity index is 1.15. The first-order valence-corrected chi connectivity index (χ1v) is 16.5. The fourth-order valence-electron chi connectivity index (χ4n) is 8.17. The van der Waals surface area contributed by atoms with Gasteiger partial charge in [0.25, 0.3) is 0 Å². The summed E-state index contributed by atoms with van der Waals surface area (Å²) in [6, 6.07) is 62.9. The van der Waals surface area contributed by atoms with Crippen molar-refractivity contribution in [3.63, 3.8) is 0 Å². The summed E-state index contributed by atoms with van der Waals surface area (Å²) in [6.45, 7) is 0. The van der Waals surface area contributed by atoms with E-state index >= 15 is 0 Å². The number of hydrogen-bond acceptors (Lipinski definition) is 0. The van der Waals surface area contributed by atoms with Gasteiger partial charge in [0.2, 0.25) is 0 Å². The summed E-state index contributed by atoms with van der Waals surface area (Å²) in [5.41, 5.74) is 13.3. The van der Waals surface area contributed by atoms with Gasteiger partial charge in [-0.25, -0.2) is 0 Å². The number of rotatable bonds is 3. The second-order valence-corrected chi connectivity index (χ2v) is 12.8. The third kappa shape index (κ3) is 4.02. The predicted molar refractivity (Wildman–Crippen MR) is 201 cm³/mol. The van der Waals surface area contributed by atoms with Gasteiger partial charge in [-0.05, 0) is 105 Å². The average Bonchev–Trinajstić information content (AvgIpc) is 3.52. The second-order valence-electron chi connectivity index (χ2n) is 12.8. The molecular formula is C47H30. The van der Waals surface area contributed by atoms with Crippen molar-refractivity contribution in [2.75, 3.05) is 0 Å². The molecule has 9 aromatic carbocycles. The van der Waals surface area contributed by atoms with Crippen LogP contribution in [0.15, 0.2) is 170 Å². The van der Waals surface area contributed by atoms with Crippen LogP contribution in [0.1, 0.15) is 11.1 Å². The lowest BCUT2D eigenvalue weighted by molar-refractivity contribution is 1.27. The van der Waals surface area contributed by atoms with E-state index in [1.54, 1.807) is 0 Å². The van der Waals surface area contributed by atoms with Gasteiger partial charge >= 0.3 is 0 Å². The van der Waals surface area contributed by atoms with Crippen molar-refractivity contribution in [1.29, 1.82) is 0 Å². The molecule has 1 aliphatic carbocycles. The smallest absolute Gasteiger partial charge is 0.00130 e. The van der Waals surface area contributed by atoms with E-state index in [2.05, 4.69) is 170 Å². The van der Waals surface area contributed by atoms with E-state index in [1.807, 2.05) is 0 Å². The molecule has 0 heterocycles. The zero-order valence-electron chi connectivity index (χ0n) is 25.9. The molecule has 0 atom stereocenters. The first kappa shape index (κ1) is 26.3. The van der Waals surface area contributed by atoms with Crippen molar-refractivity contribution in [3.05, 3.63) is 181 Å². The fraction of sp³-hybridized carbons (Fsp3) is 0.0213. The van der Waals surface area contributed by atoms with Crippen molar-refractivity contribution < 1.29 is 0 Å². The van der Waals surface area contributed by atoms with Gasteiger partial charge in [0.1, 0.15) is 0 Å². The van der Waals surface area contributed by atoms with E-state index in [4.69, 9.17) is 0 Å². The van der Waals surface area contributed by atoms with Crippen LogP contribution in [0.3, 0.4) is 0 Å². The van der Waals surface area contributed by atoms with Crippen molar-refractivity contribution in [2.24, 2.45) is 0 Å². The van der Waals surface area contributed by atoms with Gasteiger partial charge in [-0.15, -0.1) is 0 Å². The first-order chi connectivity index (χ1) is 23.3. The molecule has 218 valence electrons. The SMILES string of the molecule is c1ccc2c(-c3ccc(-c4c5ccccc5c(-c5ccc6c(c5)Cc5ccc7ccccc7c5-6)c5ccccc45)cc3)cccc2c1. The molecule has 9 aromatic rings. The quantitative estimate of drug-likeness (QED) is 0.179. The summed E-state index contributed by atoms with van der Waals surface area (Å²) in [4.78, 5) is 0. The average molecular weight is 595 g/mol. The Morgan fingerprint density at radius 2 is 0.787 bits per heavy atom. The summed E-state index contributed by atoms with van der Waals surface area (Å²) < 4.78 is 0. The summed E-state index contributed by atoms with van der Waals surface area (Å²) in [5, 5.41) is 10.4. The van der Waals surface area contributed by atoms with Crippen LogP contribution < -0.4 is 0 Å².